The number of carbonyl (C=O) groups is 1. The number of hydrogen-bond acceptors (Lipinski definition) is 3. The topological polar surface area (TPSA) is 50.4 Å². The molecule has 0 saturated carbocycles. The van der Waals surface area contributed by atoms with Crippen LogP contribution in [0.5, 0.6) is 5.75 Å². The maximum Gasteiger partial charge on any atom is 0.265 e. The number of halogens is 3. The lowest BCUT2D eigenvalue weighted by Crippen LogP contribution is -2.36. The molecule has 0 bridgehead atoms. The molecule has 24 heavy (non-hydrogen) atoms. The molecule has 0 saturated heterocycles. The molecule has 2 aromatic carbocycles. The van der Waals surface area contributed by atoms with Gasteiger partial charge in [-0.05, 0) is 31.5 Å². The van der Waals surface area contributed by atoms with Gasteiger partial charge in [-0.2, -0.15) is 0 Å². The zero-order valence-corrected chi connectivity index (χ0v) is 15.6. The third kappa shape index (κ3) is 5.87. The highest BCUT2D eigenvalue weighted by atomic mass is 35.5. The van der Waals surface area contributed by atoms with Crippen LogP contribution in [0.25, 0.3) is 0 Å². The number of ether oxygens (including phenoxy) is 1. The molecule has 0 atom stereocenters. The van der Waals surface area contributed by atoms with Crippen molar-refractivity contribution in [3.63, 3.8) is 0 Å². The van der Waals surface area contributed by atoms with Crippen molar-refractivity contribution < 1.29 is 9.53 Å². The van der Waals surface area contributed by atoms with Crippen molar-refractivity contribution >= 4 is 41.5 Å². The third-order valence-electron chi connectivity index (χ3n) is 2.95. The van der Waals surface area contributed by atoms with Crippen LogP contribution in [-0.2, 0) is 6.54 Å². The number of benzene rings is 2. The molecular weight excluding hydrogens is 371 g/mol. The van der Waals surface area contributed by atoms with Crippen LogP contribution >= 0.6 is 35.6 Å². The van der Waals surface area contributed by atoms with E-state index in [9.17, 15) is 4.79 Å². The summed E-state index contributed by atoms with van der Waals surface area (Å²) in [4.78, 5) is 12.1. The van der Waals surface area contributed by atoms with Crippen LogP contribution in [0.2, 0.25) is 10.0 Å². The first-order chi connectivity index (χ1) is 11.0. The third-order valence-corrected chi connectivity index (χ3v) is 3.51. The lowest BCUT2D eigenvalue weighted by Gasteiger charge is -2.14. The van der Waals surface area contributed by atoms with E-state index in [1.54, 1.807) is 0 Å². The molecule has 1 amide bonds. The Morgan fingerprint density at radius 3 is 2.25 bits per heavy atom. The zero-order valence-electron chi connectivity index (χ0n) is 13.3. The van der Waals surface area contributed by atoms with Crippen LogP contribution in [0.1, 0.15) is 29.8 Å². The van der Waals surface area contributed by atoms with Gasteiger partial charge in [0.15, 0.2) is 5.75 Å². The minimum absolute atomic E-state index is 0. The van der Waals surface area contributed by atoms with E-state index < -0.39 is 0 Å². The summed E-state index contributed by atoms with van der Waals surface area (Å²) >= 11 is 12.3. The molecule has 0 aromatic heterocycles. The highest BCUT2D eigenvalue weighted by Gasteiger charge is 2.15. The van der Waals surface area contributed by atoms with Gasteiger partial charge in [0.05, 0.1) is 16.1 Å². The largest absolute Gasteiger partial charge is 0.488 e. The fourth-order valence-corrected chi connectivity index (χ4v) is 2.51. The maximum absolute atomic E-state index is 12.1. The molecule has 2 aromatic rings. The van der Waals surface area contributed by atoms with E-state index in [0.717, 1.165) is 5.56 Å². The fraction of sp³-hybridized carbons (Fsp3) is 0.235. The predicted octanol–water partition coefficient (Wildman–Crippen LogP) is 4.64. The Hall–Kier alpha value is -1.46. The monoisotopic (exact) mass is 388 g/mol. The quantitative estimate of drug-likeness (QED) is 0.708. The van der Waals surface area contributed by atoms with E-state index in [1.807, 2.05) is 44.2 Å². The van der Waals surface area contributed by atoms with Crippen LogP contribution in [-0.4, -0.2) is 12.0 Å². The van der Waals surface area contributed by atoms with Crippen molar-refractivity contribution in [2.45, 2.75) is 26.5 Å². The molecule has 7 heteroatoms. The van der Waals surface area contributed by atoms with Crippen LogP contribution in [0.4, 0.5) is 0 Å². The minimum Gasteiger partial charge on any atom is -0.488 e. The summed E-state index contributed by atoms with van der Waals surface area (Å²) in [5, 5.41) is 0.610. The highest BCUT2D eigenvalue weighted by Crippen LogP contribution is 2.34. The molecule has 0 spiro atoms. The summed E-state index contributed by atoms with van der Waals surface area (Å²) in [6, 6.07) is 12.8. The van der Waals surface area contributed by atoms with Crippen LogP contribution < -0.4 is 15.6 Å². The SMILES string of the molecule is CC(C)Oc1c(Cl)cc(C(=O)NNCc2ccccc2)cc1Cl.Cl. The van der Waals surface area contributed by atoms with Gasteiger partial charge < -0.3 is 4.74 Å². The van der Waals surface area contributed by atoms with Gasteiger partial charge in [0.2, 0.25) is 0 Å². The average Bonchev–Trinajstić information content (AvgIpc) is 2.51. The van der Waals surface area contributed by atoms with Crippen molar-refractivity contribution in [3.05, 3.63) is 63.6 Å². The number of rotatable bonds is 6. The second kappa shape index (κ2) is 9.74. The van der Waals surface area contributed by atoms with Gasteiger partial charge in [-0.3, -0.25) is 10.2 Å². The number of carbonyl (C=O) groups excluding carboxylic acids is 1. The number of amides is 1. The molecule has 130 valence electrons. The molecule has 2 rings (SSSR count). The van der Waals surface area contributed by atoms with Crippen molar-refractivity contribution in [2.24, 2.45) is 0 Å². The fourth-order valence-electron chi connectivity index (χ4n) is 1.93. The Bertz CT molecular complexity index is 656. The molecule has 0 heterocycles. The normalized spacial score (nSPS) is 10.2. The van der Waals surface area contributed by atoms with E-state index in [2.05, 4.69) is 10.9 Å². The summed E-state index contributed by atoms with van der Waals surface area (Å²) in [6.45, 7) is 4.27. The van der Waals surface area contributed by atoms with Gasteiger partial charge in [-0.15, -0.1) is 12.4 Å². The number of nitrogens with one attached hydrogen (secondary N) is 2. The van der Waals surface area contributed by atoms with E-state index in [4.69, 9.17) is 27.9 Å². The molecule has 2 N–H and O–H groups in total. The van der Waals surface area contributed by atoms with E-state index in [1.165, 1.54) is 12.1 Å². The first kappa shape index (κ1) is 20.6. The first-order valence-corrected chi connectivity index (χ1v) is 7.96. The van der Waals surface area contributed by atoms with Gasteiger partial charge in [0, 0.05) is 12.1 Å². The van der Waals surface area contributed by atoms with Crippen molar-refractivity contribution in [1.29, 1.82) is 0 Å². The average molecular weight is 390 g/mol. The maximum atomic E-state index is 12.1. The Labute approximate surface area is 157 Å². The van der Waals surface area contributed by atoms with Crippen LogP contribution in [0.3, 0.4) is 0 Å². The van der Waals surface area contributed by atoms with Gasteiger partial charge >= 0.3 is 0 Å². The van der Waals surface area contributed by atoms with E-state index in [0.29, 0.717) is 27.9 Å². The smallest absolute Gasteiger partial charge is 0.265 e. The molecule has 0 aliphatic heterocycles. The van der Waals surface area contributed by atoms with Gasteiger partial charge in [-0.25, -0.2) is 5.43 Å². The Balaban J connectivity index is 0.00000288. The summed E-state index contributed by atoms with van der Waals surface area (Å²) in [5.41, 5.74) is 6.90. The molecular formula is C17H19Cl3N2O2. The van der Waals surface area contributed by atoms with Gasteiger partial charge in [0.25, 0.3) is 5.91 Å². The van der Waals surface area contributed by atoms with Crippen LogP contribution in [0.15, 0.2) is 42.5 Å². The summed E-state index contributed by atoms with van der Waals surface area (Å²) in [5.74, 6) is 0.0676. The van der Waals surface area contributed by atoms with Gasteiger partial charge in [0.1, 0.15) is 0 Å². The second-order valence-corrected chi connectivity index (χ2v) is 6.04. The van der Waals surface area contributed by atoms with Gasteiger partial charge in [-0.1, -0.05) is 53.5 Å². The van der Waals surface area contributed by atoms with Crippen molar-refractivity contribution in [1.82, 2.24) is 10.9 Å². The zero-order chi connectivity index (χ0) is 16.8. The summed E-state index contributed by atoms with van der Waals surface area (Å²) in [6.07, 6.45) is -0.0581. The lowest BCUT2D eigenvalue weighted by atomic mass is 10.2. The second-order valence-electron chi connectivity index (χ2n) is 5.23. The summed E-state index contributed by atoms with van der Waals surface area (Å²) < 4.78 is 5.54. The standard InChI is InChI=1S/C17H18Cl2N2O2.ClH/c1-11(2)23-16-14(18)8-13(9-15(16)19)17(22)21-20-10-12-6-4-3-5-7-12;/h3-9,11,20H,10H2,1-2H3,(H,21,22);1H. The Morgan fingerprint density at radius 2 is 1.71 bits per heavy atom. The molecule has 0 aliphatic carbocycles. The highest BCUT2D eigenvalue weighted by molar-refractivity contribution is 6.37. The van der Waals surface area contributed by atoms with E-state index in [-0.39, 0.29) is 24.4 Å². The Morgan fingerprint density at radius 1 is 1.12 bits per heavy atom. The predicted molar refractivity (Wildman–Crippen MR) is 100 cm³/mol. The molecule has 0 unspecified atom stereocenters. The van der Waals surface area contributed by atoms with Crippen molar-refractivity contribution in [2.75, 3.05) is 0 Å². The van der Waals surface area contributed by atoms with E-state index >= 15 is 0 Å². The molecule has 0 radical (unpaired) electrons. The lowest BCUT2D eigenvalue weighted by molar-refractivity contribution is 0.0932. The molecule has 0 aliphatic rings. The Kier molecular flexibility index (Phi) is 8.36. The first-order valence-electron chi connectivity index (χ1n) is 7.20. The van der Waals surface area contributed by atoms with Crippen LogP contribution in [0, 0.1) is 0 Å². The van der Waals surface area contributed by atoms with Crippen molar-refractivity contribution in [3.8, 4) is 5.75 Å². The molecule has 0 fully saturated rings. The number of hydrazine groups is 1. The minimum atomic E-state index is -0.319. The molecule has 4 nitrogen and oxygen atoms in total. The number of hydrogen-bond donors (Lipinski definition) is 2. The summed E-state index contributed by atoms with van der Waals surface area (Å²) in [7, 11) is 0.